The fourth-order valence-corrected chi connectivity index (χ4v) is 5.12. The summed E-state index contributed by atoms with van der Waals surface area (Å²) < 4.78 is 11.3. The number of ether oxygens (including phenoxy) is 2. The van der Waals surface area contributed by atoms with E-state index in [1.807, 2.05) is 48.4 Å². The van der Waals surface area contributed by atoms with Crippen LogP contribution in [0.1, 0.15) is 35.5 Å². The van der Waals surface area contributed by atoms with Crippen LogP contribution in [0.15, 0.2) is 47.8 Å². The highest BCUT2D eigenvalue weighted by Gasteiger charge is 2.24. The summed E-state index contributed by atoms with van der Waals surface area (Å²) in [5, 5.41) is 2.73. The van der Waals surface area contributed by atoms with Gasteiger partial charge in [0, 0.05) is 50.1 Å². The van der Waals surface area contributed by atoms with Crippen LogP contribution in [-0.2, 0) is 13.0 Å². The highest BCUT2D eigenvalue weighted by Crippen LogP contribution is 2.28. The monoisotopic (exact) mass is 463 g/mol. The molecule has 1 amide bonds. The van der Waals surface area contributed by atoms with E-state index in [0.717, 1.165) is 67.8 Å². The first-order chi connectivity index (χ1) is 16.0. The quantitative estimate of drug-likeness (QED) is 0.539. The van der Waals surface area contributed by atoms with Gasteiger partial charge < -0.3 is 14.4 Å². The van der Waals surface area contributed by atoms with Crippen molar-refractivity contribution in [1.82, 2.24) is 14.8 Å². The largest absolute Gasteiger partial charge is 0.493 e. The zero-order valence-electron chi connectivity index (χ0n) is 19.1. The third-order valence-corrected chi connectivity index (χ3v) is 6.91. The van der Waals surface area contributed by atoms with Crippen molar-refractivity contribution in [2.75, 3.05) is 32.8 Å². The number of amides is 1. The van der Waals surface area contributed by atoms with Crippen molar-refractivity contribution in [3.63, 3.8) is 0 Å². The van der Waals surface area contributed by atoms with Crippen molar-refractivity contribution in [3.05, 3.63) is 64.7 Å². The van der Waals surface area contributed by atoms with Gasteiger partial charge in [-0.25, -0.2) is 4.98 Å². The van der Waals surface area contributed by atoms with Gasteiger partial charge in [0.2, 0.25) is 0 Å². The third kappa shape index (κ3) is 5.04. The molecular weight excluding hydrogens is 434 g/mol. The molecule has 33 heavy (non-hydrogen) atoms. The molecule has 2 aliphatic rings. The summed E-state index contributed by atoms with van der Waals surface area (Å²) in [7, 11) is 0. The van der Waals surface area contributed by atoms with E-state index in [1.54, 1.807) is 0 Å². The molecule has 0 bridgehead atoms. The number of rotatable bonds is 6. The maximum atomic E-state index is 13.0. The summed E-state index contributed by atoms with van der Waals surface area (Å²) in [5.74, 6) is 1.89. The van der Waals surface area contributed by atoms with Gasteiger partial charge in [-0.15, -0.1) is 11.3 Å². The van der Waals surface area contributed by atoms with E-state index in [4.69, 9.17) is 9.47 Å². The molecule has 0 unspecified atom stereocenters. The minimum absolute atomic E-state index is 0.0200. The summed E-state index contributed by atoms with van der Waals surface area (Å²) in [5.41, 5.74) is 4.15. The minimum atomic E-state index is 0.0200. The average Bonchev–Trinajstić information content (AvgIpc) is 3.49. The number of carbonyl (C=O) groups is 1. The first-order valence-corrected chi connectivity index (χ1v) is 12.4. The zero-order chi connectivity index (χ0) is 22.8. The fraction of sp³-hybridized carbons (Fsp3) is 0.385. The maximum absolute atomic E-state index is 13.0. The lowest BCUT2D eigenvalue weighted by atomic mass is 10.1. The molecule has 1 aromatic heterocycles. The second kappa shape index (κ2) is 9.53. The molecule has 0 radical (unpaired) electrons. The van der Waals surface area contributed by atoms with Crippen molar-refractivity contribution in [2.24, 2.45) is 0 Å². The van der Waals surface area contributed by atoms with E-state index in [1.165, 1.54) is 22.5 Å². The first-order valence-electron chi connectivity index (χ1n) is 11.5. The van der Waals surface area contributed by atoms with Crippen molar-refractivity contribution in [2.45, 2.75) is 32.9 Å². The highest BCUT2D eigenvalue weighted by molar-refractivity contribution is 7.13. The molecule has 2 aromatic carbocycles. The van der Waals surface area contributed by atoms with Crippen LogP contribution in [0.25, 0.3) is 10.6 Å². The van der Waals surface area contributed by atoms with E-state index < -0.39 is 0 Å². The number of nitrogens with zero attached hydrogens (tertiary/aromatic N) is 3. The Morgan fingerprint density at radius 3 is 2.67 bits per heavy atom. The van der Waals surface area contributed by atoms with Crippen LogP contribution in [0, 0.1) is 0 Å². The molecule has 172 valence electrons. The summed E-state index contributed by atoms with van der Waals surface area (Å²) in [4.78, 5) is 22.0. The maximum Gasteiger partial charge on any atom is 0.273 e. The van der Waals surface area contributed by atoms with Gasteiger partial charge >= 0.3 is 0 Å². The second-order valence-electron chi connectivity index (χ2n) is 8.84. The van der Waals surface area contributed by atoms with Gasteiger partial charge in [0.05, 0.1) is 12.7 Å². The zero-order valence-corrected chi connectivity index (χ0v) is 19.9. The van der Waals surface area contributed by atoms with Gasteiger partial charge in [0.1, 0.15) is 22.2 Å². The van der Waals surface area contributed by atoms with Crippen molar-refractivity contribution < 1.29 is 14.3 Å². The second-order valence-corrected chi connectivity index (χ2v) is 9.70. The Labute approximate surface area is 198 Å². The van der Waals surface area contributed by atoms with Gasteiger partial charge in [-0.1, -0.05) is 12.1 Å². The molecule has 5 rings (SSSR count). The fourth-order valence-electron chi connectivity index (χ4n) is 4.32. The molecule has 0 atom stereocenters. The topological polar surface area (TPSA) is 54.9 Å². The Balaban J connectivity index is 1.16. The number of benzene rings is 2. The standard InChI is InChI=1S/C26H29N3O3S/c1-18(2)32-22-6-4-20(5-7-22)25-27-23(17-33-25)26(30)29-12-10-28(11-13-29)16-19-3-8-24-21(15-19)9-14-31-24/h3-8,15,17-18H,9-14,16H2,1-2H3. The first kappa shape index (κ1) is 21.9. The molecule has 1 fully saturated rings. The van der Waals surface area contributed by atoms with Crippen LogP contribution in [0.3, 0.4) is 0 Å². The lowest BCUT2D eigenvalue weighted by Crippen LogP contribution is -2.48. The molecule has 3 heterocycles. The van der Waals surface area contributed by atoms with Gasteiger partial charge in [0.25, 0.3) is 5.91 Å². The van der Waals surface area contributed by atoms with E-state index in [0.29, 0.717) is 5.69 Å². The molecule has 0 spiro atoms. The number of hydrogen-bond acceptors (Lipinski definition) is 6. The van der Waals surface area contributed by atoms with Crippen molar-refractivity contribution in [3.8, 4) is 22.1 Å². The predicted octanol–water partition coefficient (Wildman–Crippen LogP) is 4.49. The van der Waals surface area contributed by atoms with E-state index in [9.17, 15) is 4.79 Å². The molecular formula is C26H29N3O3S. The van der Waals surface area contributed by atoms with Crippen LogP contribution in [-0.4, -0.2) is 59.6 Å². The van der Waals surface area contributed by atoms with Crippen LogP contribution in [0.5, 0.6) is 11.5 Å². The van der Waals surface area contributed by atoms with Gasteiger partial charge in [0.15, 0.2) is 0 Å². The number of piperazine rings is 1. The lowest BCUT2D eigenvalue weighted by molar-refractivity contribution is 0.0623. The lowest BCUT2D eigenvalue weighted by Gasteiger charge is -2.34. The van der Waals surface area contributed by atoms with E-state index in [-0.39, 0.29) is 12.0 Å². The molecule has 2 aliphatic heterocycles. The third-order valence-electron chi connectivity index (χ3n) is 6.02. The van der Waals surface area contributed by atoms with E-state index >= 15 is 0 Å². The minimum Gasteiger partial charge on any atom is -0.493 e. The summed E-state index contributed by atoms with van der Waals surface area (Å²) in [6, 6.07) is 14.4. The Bertz CT molecular complexity index is 1120. The number of carbonyl (C=O) groups excluding carboxylic acids is 1. The smallest absolute Gasteiger partial charge is 0.273 e. The van der Waals surface area contributed by atoms with Gasteiger partial charge in [-0.05, 0) is 55.3 Å². The van der Waals surface area contributed by atoms with Gasteiger partial charge in [-0.3, -0.25) is 9.69 Å². The van der Waals surface area contributed by atoms with Crippen LogP contribution >= 0.6 is 11.3 Å². The Kier molecular flexibility index (Phi) is 6.33. The molecule has 7 heteroatoms. The molecule has 0 saturated carbocycles. The van der Waals surface area contributed by atoms with Gasteiger partial charge in [-0.2, -0.15) is 0 Å². The Morgan fingerprint density at radius 1 is 1.12 bits per heavy atom. The molecule has 0 aliphatic carbocycles. The number of thiazole rings is 1. The Hall–Kier alpha value is -2.90. The number of hydrogen-bond donors (Lipinski definition) is 0. The predicted molar refractivity (Wildman–Crippen MR) is 130 cm³/mol. The van der Waals surface area contributed by atoms with Crippen LogP contribution < -0.4 is 9.47 Å². The van der Waals surface area contributed by atoms with E-state index in [2.05, 4.69) is 28.1 Å². The number of fused-ring (bicyclic) bond motifs is 1. The van der Waals surface area contributed by atoms with Crippen LogP contribution in [0.4, 0.5) is 0 Å². The molecule has 3 aromatic rings. The van der Waals surface area contributed by atoms with Crippen LogP contribution in [0.2, 0.25) is 0 Å². The molecule has 0 N–H and O–H groups in total. The SMILES string of the molecule is CC(C)Oc1ccc(-c2nc(C(=O)N3CCN(Cc4ccc5c(c4)CCO5)CC3)cs2)cc1. The molecule has 1 saturated heterocycles. The molecule has 6 nitrogen and oxygen atoms in total. The summed E-state index contributed by atoms with van der Waals surface area (Å²) >= 11 is 1.51. The summed E-state index contributed by atoms with van der Waals surface area (Å²) in [6.07, 6.45) is 1.14. The highest BCUT2D eigenvalue weighted by atomic mass is 32.1. The normalized spacial score (nSPS) is 16.0. The Morgan fingerprint density at radius 2 is 1.91 bits per heavy atom. The number of aromatic nitrogens is 1. The van der Waals surface area contributed by atoms with Crippen molar-refractivity contribution in [1.29, 1.82) is 0 Å². The summed E-state index contributed by atoms with van der Waals surface area (Å²) in [6.45, 7) is 8.90. The van der Waals surface area contributed by atoms with Crippen molar-refractivity contribution >= 4 is 17.2 Å². The average molecular weight is 464 g/mol.